The maximum atomic E-state index is 12.4. The van der Waals surface area contributed by atoms with E-state index < -0.39 is 12.0 Å². The molecule has 0 aliphatic carbocycles. The first-order chi connectivity index (χ1) is 11.0. The SMILES string of the molecule is CCC(Oc1ccccc1)C(=O)Nc1cccc(C(N)=O)c1C. The minimum absolute atomic E-state index is 0.263. The van der Waals surface area contributed by atoms with Gasteiger partial charge < -0.3 is 15.8 Å². The predicted molar refractivity (Wildman–Crippen MR) is 89.5 cm³/mol. The number of primary amides is 1. The number of carbonyl (C=O) groups excluding carboxylic acids is 2. The molecule has 2 rings (SSSR count). The summed E-state index contributed by atoms with van der Waals surface area (Å²) in [4.78, 5) is 23.8. The Labute approximate surface area is 135 Å². The molecule has 0 fully saturated rings. The molecule has 0 saturated carbocycles. The van der Waals surface area contributed by atoms with E-state index in [1.807, 2.05) is 25.1 Å². The number of anilines is 1. The van der Waals surface area contributed by atoms with E-state index in [4.69, 9.17) is 10.5 Å². The van der Waals surface area contributed by atoms with Crippen LogP contribution in [0.15, 0.2) is 48.5 Å². The number of rotatable bonds is 6. The Hall–Kier alpha value is -2.82. The van der Waals surface area contributed by atoms with Crippen molar-refractivity contribution in [2.24, 2.45) is 5.73 Å². The molecule has 23 heavy (non-hydrogen) atoms. The Kier molecular flexibility index (Phi) is 5.36. The van der Waals surface area contributed by atoms with Crippen LogP contribution in [-0.4, -0.2) is 17.9 Å². The molecule has 0 bridgehead atoms. The molecule has 2 aromatic rings. The Bertz CT molecular complexity index is 699. The van der Waals surface area contributed by atoms with Gasteiger partial charge in [-0.2, -0.15) is 0 Å². The van der Waals surface area contributed by atoms with Crippen LogP contribution in [-0.2, 0) is 4.79 Å². The van der Waals surface area contributed by atoms with E-state index in [9.17, 15) is 9.59 Å². The highest BCUT2D eigenvalue weighted by Crippen LogP contribution is 2.20. The summed E-state index contributed by atoms with van der Waals surface area (Å²) in [6.45, 7) is 3.62. The van der Waals surface area contributed by atoms with Gasteiger partial charge in [0, 0.05) is 11.3 Å². The zero-order chi connectivity index (χ0) is 16.8. The monoisotopic (exact) mass is 312 g/mol. The van der Waals surface area contributed by atoms with Gasteiger partial charge in [0.25, 0.3) is 5.91 Å². The van der Waals surface area contributed by atoms with Crippen LogP contribution in [0.3, 0.4) is 0 Å². The molecule has 0 saturated heterocycles. The Balaban J connectivity index is 2.14. The fourth-order valence-corrected chi connectivity index (χ4v) is 2.24. The van der Waals surface area contributed by atoms with Gasteiger partial charge in [-0.25, -0.2) is 0 Å². The molecule has 2 amide bonds. The molecule has 0 heterocycles. The number of benzene rings is 2. The lowest BCUT2D eigenvalue weighted by molar-refractivity contribution is -0.122. The first-order valence-electron chi connectivity index (χ1n) is 7.45. The van der Waals surface area contributed by atoms with Crippen molar-refractivity contribution in [2.75, 3.05) is 5.32 Å². The lowest BCUT2D eigenvalue weighted by Gasteiger charge is -2.18. The summed E-state index contributed by atoms with van der Waals surface area (Å²) in [7, 11) is 0. The summed E-state index contributed by atoms with van der Waals surface area (Å²) in [5.41, 5.74) is 6.91. The van der Waals surface area contributed by atoms with Crippen molar-refractivity contribution in [2.45, 2.75) is 26.4 Å². The molecule has 3 N–H and O–H groups in total. The van der Waals surface area contributed by atoms with Crippen LogP contribution in [0, 0.1) is 6.92 Å². The van der Waals surface area contributed by atoms with Gasteiger partial charge in [-0.05, 0) is 43.2 Å². The Morgan fingerprint density at radius 1 is 1.13 bits per heavy atom. The third kappa shape index (κ3) is 4.10. The number of nitrogens with two attached hydrogens (primary N) is 1. The highest BCUT2D eigenvalue weighted by Gasteiger charge is 2.20. The van der Waals surface area contributed by atoms with Crippen molar-refractivity contribution >= 4 is 17.5 Å². The van der Waals surface area contributed by atoms with Crippen LogP contribution < -0.4 is 15.8 Å². The summed E-state index contributed by atoms with van der Waals surface area (Å²) in [6, 6.07) is 14.2. The van der Waals surface area contributed by atoms with Crippen molar-refractivity contribution in [1.29, 1.82) is 0 Å². The standard InChI is InChI=1S/C18H20N2O3/c1-3-16(23-13-8-5-4-6-9-13)18(22)20-15-11-7-10-14(12(15)2)17(19)21/h4-11,16H,3H2,1-2H3,(H2,19,21)(H,20,22). The van der Waals surface area contributed by atoms with Crippen molar-refractivity contribution in [1.82, 2.24) is 0 Å². The first kappa shape index (κ1) is 16.5. The van der Waals surface area contributed by atoms with Gasteiger partial charge in [0.1, 0.15) is 5.75 Å². The summed E-state index contributed by atoms with van der Waals surface area (Å²) in [5, 5.41) is 2.81. The second-order valence-corrected chi connectivity index (χ2v) is 5.16. The Morgan fingerprint density at radius 3 is 2.43 bits per heavy atom. The van der Waals surface area contributed by atoms with E-state index in [1.54, 1.807) is 37.3 Å². The van der Waals surface area contributed by atoms with Gasteiger partial charge in [-0.3, -0.25) is 9.59 Å². The van der Waals surface area contributed by atoms with E-state index >= 15 is 0 Å². The zero-order valence-corrected chi connectivity index (χ0v) is 13.2. The number of amides is 2. The molecule has 1 atom stereocenters. The average Bonchev–Trinajstić information content (AvgIpc) is 2.55. The Morgan fingerprint density at radius 2 is 1.83 bits per heavy atom. The maximum absolute atomic E-state index is 12.4. The number of ether oxygens (including phenoxy) is 1. The second-order valence-electron chi connectivity index (χ2n) is 5.16. The van der Waals surface area contributed by atoms with Gasteiger partial charge in [0.15, 0.2) is 6.10 Å². The van der Waals surface area contributed by atoms with Crippen LogP contribution in [0.25, 0.3) is 0 Å². The van der Waals surface area contributed by atoms with E-state index in [2.05, 4.69) is 5.32 Å². The van der Waals surface area contributed by atoms with Crippen LogP contribution in [0.5, 0.6) is 5.75 Å². The summed E-state index contributed by atoms with van der Waals surface area (Å²) >= 11 is 0. The van der Waals surface area contributed by atoms with Crippen LogP contribution in [0.1, 0.15) is 29.3 Å². The average molecular weight is 312 g/mol. The highest BCUT2D eigenvalue weighted by atomic mass is 16.5. The molecule has 2 aromatic carbocycles. The molecule has 0 aliphatic rings. The van der Waals surface area contributed by atoms with E-state index in [1.165, 1.54) is 0 Å². The van der Waals surface area contributed by atoms with Crippen molar-refractivity contribution < 1.29 is 14.3 Å². The lowest BCUT2D eigenvalue weighted by Crippen LogP contribution is -2.32. The molecule has 5 heteroatoms. The third-order valence-corrected chi connectivity index (χ3v) is 3.54. The van der Waals surface area contributed by atoms with Gasteiger partial charge in [0.05, 0.1) is 0 Å². The van der Waals surface area contributed by atoms with Crippen LogP contribution in [0.2, 0.25) is 0 Å². The minimum Gasteiger partial charge on any atom is -0.481 e. The van der Waals surface area contributed by atoms with E-state index in [0.29, 0.717) is 29.0 Å². The lowest BCUT2D eigenvalue weighted by atomic mass is 10.1. The predicted octanol–water partition coefficient (Wildman–Crippen LogP) is 2.89. The molecule has 5 nitrogen and oxygen atoms in total. The zero-order valence-electron chi connectivity index (χ0n) is 13.2. The van der Waals surface area contributed by atoms with Crippen molar-refractivity contribution in [3.05, 3.63) is 59.7 Å². The van der Waals surface area contributed by atoms with Crippen molar-refractivity contribution in [3.8, 4) is 5.75 Å². The fraction of sp³-hybridized carbons (Fsp3) is 0.222. The van der Waals surface area contributed by atoms with E-state index in [-0.39, 0.29) is 5.91 Å². The molecular weight excluding hydrogens is 292 g/mol. The number of para-hydroxylation sites is 1. The van der Waals surface area contributed by atoms with Gasteiger partial charge in [-0.1, -0.05) is 31.2 Å². The smallest absolute Gasteiger partial charge is 0.265 e. The number of hydrogen-bond acceptors (Lipinski definition) is 3. The third-order valence-electron chi connectivity index (χ3n) is 3.54. The van der Waals surface area contributed by atoms with Gasteiger partial charge in [-0.15, -0.1) is 0 Å². The number of hydrogen-bond donors (Lipinski definition) is 2. The largest absolute Gasteiger partial charge is 0.481 e. The molecule has 0 radical (unpaired) electrons. The number of nitrogens with one attached hydrogen (secondary N) is 1. The normalized spacial score (nSPS) is 11.6. The topological polar surface area (TPSA) is 81.4 Å². The first-order valence-corrected chi connectivity index (χ1v) is 7.45. The summed E-state index contributed by atoms with van der Waals surface area (Å²) < 4.78 is 5.71. The fourth-order valence-electron chi connectivity index (χ4n) is 2.24. The van der Waals surface area contributed by atoms with Crippen LogP contribution in [0.4, 0.5) is 5.69 Å². The molecule has 0 aromatic heterocycles. The number of carbonyl (C=O) groups is 2. The quantitative estimate of drug-likeness (QED) is 0.860. The maximum Gasteiger partial charge on any atom is 0.265 e. The van der Waals surface area contributed by atoms with Crippen LogP contribution >= 0.6 is 0 Å². The second kappa shape index (κ2) is 7.45. The molecule has 0 spiro atoms. The van der Waals surface area contributed by atoms with E-state index in [0.717, 1.165) is 0 Å². The highest BCUT2D eigenvalue weighted by molar-refractivity contribution is 5.99. The molecule has 120 valence electrons. The van der Waals surface area contributed by atoms with Gasteiger partial charge >= 0.3 is 0 Å². The molecule has 0 aliphatic heterocycles. The minimum atomic E-state index is -0.617. The summed E-state index contributed by atoms with van der Waals surface area (Å²) in [5.74, 6) is -0.149. The van der Waals surface area contributed by atoms with Gasteiger partial charge in [0.2, 0.25) is 5.91 Å². The van der Waals surface area contributed by atoms with Crippen molar-refractivity contribution in [3.63, 3.8) is 0 Å². The molecule has 1 unspecified atom stereocenters. The summed E-state index contributed by atoms with van der Waals surface area (Å²) in [6.07, 6.45) is -0.0935. The molecular formula is C18H20N2O3.